The highest BCUT2D eigenvalue weighted by atomic mass is 35.5. The summed E-state index contributed by atoms with van der Waals surface area (Å²) in [5, 5.41) is 0.812. The second-order valence-corrected chi connectivity index (χ2v) is 10.0. The van der Waals surface area contributed by atoms with Gasteiger partial charge >= 0.3 is 0 Å². The molecule has 23 heavy (non-hydrogen) atoms. The normalized spacial score (nSPS) is 16.6. The van der Waals surface area contributed by atoms with Crippen LogP contribution in [0.3, 0.4) is 0 Å². The van der Waals surface area contributed by atoms with E-state index in [1.807, 2.05) is 12.1 Å². The number of halogens is 1. The van der Waals surface area contributed by atoms with E-state index in [-0.39, 0.29) is 4.90 Å². The highest BCUT2D eigenvalue weighted by Gasteiger charge is 2.26. The molecule has 2 aromatic rings. The van der Waals surface area contributed by atoms with E-state index in [0.717, 1.165) is 34.4 Å². The van der Waals surface area contributed by atoms with Gasteiger partial charge in [0.1, 0.15) is 4.90 Å². The Labute approximate surface area is 149 Å². The highest BCUT2D eigenvalue weighted by Crippen LogP contribution is 2.29. The van der Waals surface area contributed by atoms with Crippen molar-refractivity contribution in [2.45, 2.75) is 34.9 Å². The molecule has 0 atom stereocenters. The van der Waals surface area contributed by atoms with Crippen LogP contribution in [0.2, 0.25) is 4.34 Å². The van der Waals surface area contributed by atoms with Crippen LogP contribution in [0, 0.1) is 0 Å². The molecule has 0 unspecified atom stereocenters. The van der Waals surface area contributed by atoms with Gasteiger partial charge in [-0.25, -0.2) is 13.4 Å². The van der Waals surface area contributed by atoms with Crippen molar-refractivity contribution in [3.8, 4) is 0 Å². The molecule has 1 fully saturated rings. The van der Waals surface area contributed by atoms with Crippen molar-refractivity contribution in [1.29, 1.82) is 0 Å². The second kappa shape index (κ2) is 7.53. The number of piperidine rings is 1. The molecular weight excluding hydrogens is 372 g/mol. The number of hydrogen-bond acceptors (Lipinski definition) is 5. The third-order valence-electron chi connectivity index (χ3n) is 3.65. The van der Waals surface area contributed by atoms with Gasteiger partial charge in [-0.1, -0.05) is 18.0 Å². The van der Waals surface area contributed by atoms with E-state index >= 15 is 0 Å². The van der Waals surface area contributed by atoms with Gasteiger partial charge in [-0.15, -0.1) is 23.1 Å². The summed E-state index contributed by atoms with van der Waals surface area (Å²) in [5.74, 6) is 0.780. The zero-order chi connectivity index (χ0) is 16.3. The predicted octanol–water partition coefficient (Wildman–Crippen LogP) is 4.26. The van der Waals surface area contributed by atoms with Crippen LogP contribution < -0.4 is 0 Å². The lowest BCUT2D eigenvalue weighted by molar-refractivity contribution is 0.346. The van der Waals surface area contributed by atoms with Crippen LogP contribution in [-0.2, 0) is 15.8 Å². The van der Waals surface area contributed by atoms with Gasteiger partial charge in [0.25, 0.3) is 0 Å². The first-order valence-corrected chi connectivity index (χ1v) is 11.0. The maximum absolute atomic E-state index is 12.5. The summed E-state index contributed by atoms with van der Waals surface area (Å²) in [7, 11) is -3.40. The molecule has 8 heteroatoms. The molecule has 0 amide bonds. The zero-order valence-corrected chi connectivity index (χ0v) is 15.6. The lowest BCUT2D eigenvalue weighted by Crippen LogP contribution is -2.35. The van der Waals surface area contributed by atoms with Gasteiger partial charge in [0.2, 0.25) is 10.0 Å². The number of nitrogens with zero attached hydrogens (tertiary/aromatic N) is 2. The molecule has 0 radical (unpaired) electrons. The molecule has 1 saturated heterocycles. The van der Waals surface area contributed by atoms with Gasteiger partial charge in [-0.05, 0) is 37.1 Å². The fourth-order valence-electron chi connectivity index (χ4n) is 2.43. The largest absolute Gasteiger partial charge is 0.249 e. The minimum Gasteiger partial charge on any atom is -0.249 e. The fraction of sp³-hybridized carbons (Fsp3) is 0.400. The average molecular weight is 389 g/mol. The Morgan fingerprint density at radius 1 is 1.17 bits per heavy atom. The Hall–Kier alpha value is -0.600. The van der Waals surface area contributed by atoms with Crippen LogP contribution >= 0.6 is 34.7 Å². The fourth-order valence-corrected chi connectivity index (χ4v) is 5.87. The molecule has 0 bridgehead atoms. The van der Waals surface area contributed by atoms with Gasteiger partial charge in [-0.3, -0.25) is 0 Å². The molecule has 3 rings (SSSR count). The van der Waals surface area contributed by atoms with E-state index in [0.29, 0.717) is 13.1 Å². The van der Waals surface area contributed by atoms with Gasteiger partial charge < -0.3 is 0 Å². The smallest absolute Gasteiger partial charge is 0.244 e. The molecule has 3 heterocycles. The summed E-state index contributed by atoms with van der Waals surface area (Å²) < 4.78 is 27.4. The van der Waals surface area contributed by atoms with E-state index in [4.69, 9.17) is 11.6 Å². The molecule has 0 spiro atoms. The van der Waals surface area contributed by atoms with E-state index in [9.17, 15) is 8.42 Å². The minimum absolute atomic E-state index is 0.280. The van der Waals surface area contributed by atoms with Gasteiger partial charge in [0.05, 0.1) is 9.36 Å². The second-order valence-electron chi connectivity index (χ2n) is 5.29. The molecule has 0 aromatic carbocycles. The number of rotatable bonds is 5. The Balaban J connectivity index is 1.66. The van der Waals surface area contributed by atoms with Crippen molar-refractivity contribution in [3.63, 3.8) is 0 Å². The van der Waals surface area contributed by atoms with E-state index in [1.165, 1.54) is 11.1 Å². The van der Waals surface area contributed by atoms with Crippen molar-refractivity contribution in [3.05, 3.63) is 39.7 Å². The summed E-state index contributed by atoms with van der Waals surface area (Å²) in [4.78, 5) is 5.74. The van der Waals surface area contributed by atoms with E-state index in [1.54, 1.807) is 39.5 Å². The SMILES string of the molecule is O=S(=O)(c1ccc(SCc2ccc(Cl)s2)nc1)N1CCCCC1. The summed E-state index contributed by atoms with van der Waals surface area (Å²) in [6.07, 6.45) is 4.44. The number of thioether (sulfide) groups is 1. The lowest BCUT2D eigenvalue weighted by atomic mass is 10.2. The van der Waals surface area contributed by atoms with Gasteiger partial charge in [0.15, 0.2) is 0 Å². The average Bonchev–Trinajstić information content (AvgIpc) is 3.00. The zero-order valence-electron chi connectivity index (χ0n) is 12.4. The third-order valence-corrected chi connectivity index (χ3v) is 7.94. The van der Waals surface area contributed by atoms with Crippen LogP contribution in [0.1, 0.15) is 24.1 Å². The lowest BCUT2D eigenvalue weighted by Gasteiger charge is -2.25. The summed E-state index contributed by atoms with van der Waals surface area (Å²) >= 11 is 9.03. The minimum atomic E-state index is -3.40. The van der Waals surface area contributed by atoms with Crippen molar-refractivity contribution in [2.75, 3.05) is 13.1 Å². The topological polar surface area (TPSA) is 50.3 Å². The first kappa shape index (κ1) is 17.2. The van der Waals surface area contributed by atoms with E-state index < -0.39 is 10.0 Å². The molecule has 1 aliphatic heterocycles. The number of sulfonamides is 1. The maximum atomic E-state index is 12.5. The maximum Gasteiger partial charge on any atom is 0.244 e. The Bertz CT molecular complexity index is 753. The molecule has 2 aromatic heterocycles. The monoisotopic (exact) mass is 388 g/mol. The van der Waals surface area contributed by atoms with Crippen molar-refractivity contribution >= 4 is 44.7 Å². The van der Waals surface area contributed by atoms with Crippen molar-refractivity contribution < 1.29 is 8.42 Å². The Morgan fingerprint density at radius 3 is 2.57 bits per heavy atom. The quantitative estimate of drug-likeness (QED) is 0.718. The molecular formula is C15H17ClN2O2S3. The van der Waals surface area contributed by atoms with Crippen LogP contribution in [0.4, 0.5) is 0 Å². The number of hydrogen-bond donors (Lipinski definition) is 0. The summed E-state index contributed by atoms with van der Waals surface area (Å²) in [6, 6.07) is 7.30. The number of aromatic nitrogens is 1. The van der Waals surface area contributed by atoms with Gasteiger partial charge in [-0.2, -0.15) is 4.31 Å². The van der Waals surface area contributed by atoms with Crippen LogP contribution in [0.5, 0.6) is 0 Å². The first-order chi connectivity index (χ1) is 11.1. The molecule has 4 nitrogen and oxygen atoms in total. The number of thiophene rings is 1. The molecule has 0 N–H and O–H groups in total. The van der Waals surface area contributed by atoms with Crippen LogP contribution in [0.15, 0.2) is 40.4 Å². The summed E-state index contributed by atoms with van der Waals surface area (Å²) in [5.41, 5.74) is 0. The highest BCUT2D eigenvalue weighted by molar-refractivity contribution is 7.98. The van der Waals surface area contributed by atoms with Gasteiger partial charge in [0, 0.05) is 29.9 Å². The Morgan fingerprint density at radius 2 is 1.96 bits per heavy atom. The van der Waals surface area contributed by atoms with E-state index in [2.05, 4.69) is 4.98 Å². The predicted molar refractivity (Wildman–Crippen MR) is 95.7 cm³/mol. The molecule has 0 aliphatic carbocycles. The van der Waals surface area contributed by atoms with Crippen molar-refractivity contribution in [2.24, 2.45) is 0 Å². The first-order valence-electron chi connectivity index (χ1n) is 7.39. The van der Waals surface area contributed by atoms with Crippen LogP contribution in [-0.4, -0.2) is 30.8 Å². The van der Waals surface area contributed by atoms with Crippen LogP contribution in [0.25, 0.3) is 0 Å². The molecule has 1 aliphatic rings. The Kier molecular flexibility index (Phi) is 5.64. The molecule has 0 saturated carbocycles. The third kappa shape index (κ3) is 4.28. The van der Waals surface area contributed by atoms with Crippen molar-refractivity contribution in [1.82, 2.24) is 9.29 Å². The molecule has 124 valence electrons. The summed E-state index contributed by atoms with van der Waals surface area (Å²) in [6.45, 7) is 1.22. The number of pyridine rings is 1. The standard InChI is InChI=1S/C15H17ClN2O2S3/c16-14-6-4-12(22-14)11-21-15-7-5-13(10-17-15)23(19,20)18-8-2-1-3-9-18/h4-7,10H,1-3,8-9,11H2.